The summed E-state index contributed by atoms with van der Waals surface area (Å²) in [6.07, 6.45) is 3.14. The Labute approximate surface area is 173 Å². The van der Waals surface area contributed by atoms with Gasteiger partial charge in [-0.3, -0.25) is 0 Å². The van der Waals surface area contributed by atoms with Crippen LogP contribution in [0, 0.1) is 6.92 Å². The summed E-state index contributed by atoms with van der Waals surface area (Å²) in [6.45, 7) is 3.18. The Morgan fingerprint density at radius 2 is 1.93 bits per heavy atom. The molecule has 0 saturated heterocycles. The van der Waals surface area contributed by atoms with Crippen molar-refractivity contribution in [1.82, 2.24) is 25.4 Å². The van der Waals surface area contributed by atoms with Gasteiger partial charge in [-0.2, -0.15) is 4.98 Å². The number of nitrogens with zero attached hydrogens (tertiary/aromatic N) is 5. The van der Waals surface area contributed by atoms with Crippen LogP contribution in [0.1, 0.15) is 24.5 Å². The van der Waals surface area contributed by atoms with Crippen molar-refractivity contribution in [3.8, 4) is 5.88 Å². The van der Waals surface area contributed by atoms with E-state index in [2.05, 4.69) is 30.4 Å². The number of aryl methyl sites for hydroxylation is 1. The zero-order chi connectivity index (χ0) is 21.6. The number of hydrogen-bond donors (Lipinski definition) is 2. The summed E-state index contributed by atoms with van der Waals surface area (Å²) in [5.41, 5.74) is 3.09. The van der Waals surface area contributed by atoms with Gasteiger partial charge in [-0.1, -0.05) is 11.6 Å². The SMILES string of the molecule is COc1ncnc(C)c1N=C(CS(=O)(=O)[C@@H](C)[C@H](OC)c1ncc(Cl)cn1)NN. The van der Waals surface area contributed by atoms with Gasteiger partial charge in [0.25, 0.3) is 0 Å². The van der Waals surface area contributed by atoms with E-state index in [0.29, 0.717) is 10.7 Å². The minimum absolute atomic E-state index is 0.0140. The van der Waals surface area contributed by atoms with E-state index in [0.717, 1.165) is 0 Å². The van der Waals surface area contributed by atoms with Crippen molar-refractivity contribution in [1.29, 1.82) is 0 Å². The molecule has 3 N–H and O–H groups in total. The van der Waals surface area contributed by atoms with Gasteiger partial charge in [0.15, 0.2) is 15.7 Å². The van der Waals surface area contributed by atoms with E-state index >= 15 is 0 Å². The highest BCUT2D eigenvalue weighted by Crippen LogP contribution is 2.28. The number of methoxy groups -OCH3 is 2. The van der Waals surface area contributed by atoms with Crippen LogP contribution in [-0.2, 0) is 14.6 Å². The predicted molar refractivity (Wildman–Crippen MR) is 108 cm³/mol. The number of nitrogens with two attached hydrogens (primary N) is 1. The van der Waals surface area contributed by atoms with Gasteiger partial charge >= 0.3 is 0 Å². The zero-order valence-electron chi connectivity index (χ0n) is 16.3. The summed E-state index contributed by atoms with van der Waals surface area (Å²) in [4.78, 5) is 20.3. The first-order valence-electron chi connectivity index (χ1n) is 8.35. The third-order valence-electron chi connectivity index (χ3n) is 4.06. The monoisotopic (exact) mass is 443 g/mol. The molecule has 0 amide bonds. The van der Waals surface area contributed by atoms with E-state index < -0.39 is 26.9 Å². The van der Waals surface area contributed by atoms with Crippen LogP contribution < -0.4 is 16.0 Å². The topological polar surface area (TPSA) is 155 Å². The molecule has 0 aromatic carbocycles. The van der Waals surface area contributed by atoms with Crippen molar-refractivity contribution in [2.75, 3.05) is 20.0 Å². The fourth-order valence-electron chi connectivity index (χ4n) is 2.45. The second-order valence-electron chi connectivity index (χ2n) is 5.95. The predicted octanol–water partition coefficient (Wildman–Crippen LogP) is 0.921. The highest BCUT2D eigenvalue weighted by atomic mass is 35.5. The lowest BCUT2D eigenvalue weighted by atomic mass is 10.2. The molecule has 29 heavy (non-hydrogen) atoms. The van der Waals surface area contributed by atoms with E-state index in [4.69, 9.17) is 26.9 Å². The molecule has 0 spiro atoms. The van der Waals surface area contributed by atoms with Crippen LogP contribution in [0.2, 0.25) is 5.02 Å². The average Bonchev–Trinajstić information content (AvgIpc) is 2.70. The lowest BCUT2D eigenvalue weighted by Gasteiger charge is -2.22. The van der Waals surface area contributed by atoms with E-state index in [1.165, 1.54) is 39.9 Å². The molecule has 0 saturated carbocycles. The second kappa shape index (κ2) is 9.87. The summed E-state index contributed by atoms with van der Waals surface area (Å²) in [7, 11) is -0.990. The summed E-state index contributed by atoms with van der Waals surface area (Å²) in [5, 5.41) is -0.669. The first-order valence-corrected chi connectivity index (χ1v) is 10.4. The summed E-state index contributed by atoms with van der Waals surface area (Å²) in [5.74, 6) is 5.39. The van der Waals surface area contributed by atoms with Gasteiger partial charge in [-0.15, -0.1) is 0 Å². The van der Waals surface area contributed by atoms with E-state index in [1.807, 2.05) is 0 Å². The van der Waals surface area contributed by atoms with Crippen molar-refractivity contribution in [2.24, 2.45) is 10.8 Å². The van der Waals surface area contributed by atoms with Crippen LogP contribution in [0.5, 0.6) is 5.88 Å². The number of halogens is 1. The molecule has 2 aromatic heterocycles. The highest BCUT2D eigenvalue weighted by molar-refractivity contribution is 7.92. The molecule has 2 rings (SSSR count). The van der Waals surface area contributed by atoms with Crippen LogP contribution in [-0.4, -0.2) is 59.4 Å². The Balaban J connectivity index is 2.33. The summed E-state index contributed by atoms with van der Waals surface area (Å²) >= 11 is 5.79. The van der Waals surface area contributed by atoms with Gasteiger partial charge < -0.3 is 14.9 Å². The van der Waals surface area contributed by atoms with Gasteiger partial charge in [-0.25, -0.2) is 34.2 Å². The molecule has 13 heteroatoms. The first-order chi connectivity index (χ1) is 13.7. The van der Waals surface area contributed by atoms with Crippen LogP contribution in [0.25, 0.3) is 0 Å². The molecule has 2 aromatic rings. The van der Waals surface area contributed by atoms with Crippen LogP contribution in [0.15, 0.2) is 23.7 Å². The Kier molecular flexibility index (Phi) is 7.79. The zero-order valence-corrected chi connectivity index (χ0v) is 17.9. The quantitative estimate of drug-likeness (QED) is 0.260. The fourth-order valence-corrected chi connectivity index (χ4v) is 3.95. The number of hydrazine groups is 1. The normalized spacial score (nSPS) is 14.3. The average molecular weight is 444 g/mol. The third kappa shape index (κ3) is 5.56. The molecule has 0 radical (unpaired) electrons. The van der Waals surface area contributed by atoms with Gasteiger partial charge in [-0.05, 0) is 13.8 Å². The van der Waals surface area contributed by atoms with Crippen molar-refractivity contribution < 1.29 is 17.9 Å². The molecular weight excluding hydrogens is 422 g/mol. The number of aromatic nitrogens is 4. The van der Waals surface area contributed by atoms with E-state index in [9.17, 15) is 8.42 Å². The van der Waals surface area contributed by atoms with Crippen LogP contribution in [0.3, 0.4) is 0 Å². The lowest BCUT2D eigenvalue weighted by molar-refractivity contribution is 0.0949. The Bertz CT molecular complexity index is 970. The maximum absolute atomic E-state index is 13.0. The number of hydrogen-bond acceptors (Lipinski definition) is 10. The second-order valence-corrected chi connectivity index (χ2v) is 8.74. The number of amidine groups is 1. The number of nitrogens with one attached hydrogen (secondary N) is 1. The molecule has 0 bridgehead atoms. The lowest BCUT2D eigenvalue weighted by Crippen LogP contribution is -2.40. The number of aliphatic imine (C=N–C) groups is 1. The Morgan fingerprint density at radius 1 is 1.28 bits per heavy atom. The molecule has 158 valence electrons. The fraction of sp³-hybridized carbons (Fsp3) is 0.438. The van der Waals surface area contributed by atoms with Crippen LogP contribution in [0.4, 0.5) is 5.69 Å². The van der Waals surface area contributed by atoms with Gasteiger partial charge in [0.05, 0.1) is 23.1 Å². The number of ether oxygens (including phenoxy) is 2. The maximum atomic E-state index is 13.0. The molecule has 0 aliphatic carbocycles. The molecular formula is C16H22ClN7O4S. The van der Waals surface area contributed by atoms with E-state index in [-0.39, 0.29) is 23.2 Å². The molecule has 2 atom stereocenters. The van der Waals surface area contributed by atoms with Gasteiger partial charge in [0.2, 0.25) is 5.88 Å². The summed E-state index contributed by atoms with van der Waals surface area (Å²) < 4.78 is 36.4. The van der Waals surface area contributed by atoms with Crippen molar-refractivity contribution >= 4 is 33.0 Å². The Morgan fingerprint density at radius 3 is 2.48 bits per heavy atom. The molecule has 0 fully saturated rings. The van der Waals surface area contributed by atoms with Gasteiger partial charge in [0, 0.05) is 19.5 Å². The standard InChI is InChI=1S/C16H22ClN7O4S/c1-9-13(16(28-4)22-8-21-9)23-12(24-18)7-29(25,26)10(2)14(27-3)15-19-5-11(17)6-20-15/h5-6,8,10,14H,7,18H2,1-4H3,(H,23,24)/t10-,14-/m0/s1. The Hall–Kier alpha value is -2.41. The summed E-state index contributed by atoms with van der Waals surface area (Å²) in [6, 6.07) is 0. The molecule has 0 aliphatic rings. The smallest absolute Gasteiger partial charge is 0.243 e. The molecule has 0 aliphatic heterocycles. The number of sulfone groups is 1. The largest absolute Gasteiger partial charge is 0.479 e. The van der Waals surface area contributed by atoms with Crippen molar-refractivity contribution in [2.45, 2.75) is 25.2 Å². The molecule has 0 unspecified atom stereocenters. The highest BCUT2D eigenvalue weighted by Gasteiger charge is 2.33. The maximum Gasteiger partial charge on any atom is 0.243 e. The molecule has 11 nitrogen and oxygen atoms in total. The molecule has 2 heterocycles. The minimum atomic E-state index is -3.79. The third-order valence-corrected chi connectivity index (χ3v) is 6.31. The minimum Gasteiger partial charge on any atom is -0.479 e. The number of rotatable bonds is 8. The first kappa shape index (κ1) is 22.9. The van der Waals surface area contributed by atoms with Crippen LogP contribution >= 0.6 is 11.6 Å². The van der Waals surface area contributed by atoms with Crippen molar-refractivity contribution in [3.05, 3.63) is 35.3 Å². The van der Waals surface area contributed by atoms with E-state index in [1.54, 1.807) is 6.92 Å². The van der Waals surface area contributed by atoms with Crippen molar-refractivity contribution in [3.63, 3.8) is 0 Å². The van der Waals surface area contributed by atoms with Gasteiger partial charge in [0.1, 0.15) is 29.7 Å².